The zero-order valence-corrected chi connectivity index (χ0v) is 7.16. The summed E-state index contributed by atoms with van der Waals surface area (Å²) in [7, 11) is 0. The average Bonchev–Trinajstić information content (AvgIpc) is 2.40. The van der Waals surface area contributed by atoms with Crippen molar-refractivity contribution in [3.05, 3.63) is 42.5 Å². The molecule has 1 heterocycles. The van der Waals surface area contributed by atoms with Crippen molar-refractivity contribution in [2.45, 2.75) is 18.9 Å². The molecular formula is C11H12O. The molecule has 12 heavy (non-hydrogen) atoms. The maximum atomic E-state index is 5.64. The minimum atomic E-state index is 0.236. The number of hydrogen-bond acceptors (Lipinski definition) is 1. The largest absolute Gasteiger partial charge is 0.489 e. The minimum Gasteiger partial charge on any atom is -0.489 e. The standard InChI is InChI=1S/C11H12O/c1-3-9-8(2)12-11-7-5-4-6-10(9)11/h3-9H,1H2,2H3/t8-,9-/m0/s1. The van der Waals surface area contributed by atoms with Crippen molar-refractivity contribution in [2.24, 2.45) is 0 Å². The zero-order chi connectivity index (χ0) is 8.55. The first kappa shape index (κ1) is 7.41. The molecule has 0 amide bonds. The molecule has 1 aromatic carbocycles. The molecule has 2 rings (SSSR count). The summed E-state index contributed by atoms with van der Waals surface area (Å²) in [5, 5.41) is 0. The van der Waals surface area contributed by atoms with E-state index in [1.165, 1.54) is 5.56 Å². The molecule has 0 unspecified atom stereocenters. The van der Waals surface area contributed by atoms with Gasteiger partial charge in [-0.2, -0.15) is 0 Å². The summed E-state index contributed by atoms with van der Waals surface area (Å²) in [6, 6.07) is 8.15. The van der Waals surface area contributed by atoms with E-state index < -0.39 is 0 Å². The third kappa shape index (κ3) is 0.934. The molecule has 0 spiro atoms. The van der Waals surface area contributed by atoms with E-state index in [-0.39, 0.29) is 6.10 Å². The van der Waals surface area contributed by atoms with Gasteiger partial charge in [-0.25, -0.2) is 0 Å². The van der Waals surface area contributed by atoms with Crippen LogP contribution in [0.25, 0.3) is 0 Å². The highest BCUT2D eigenvalue weighted by atomic mass is 16.5. The Morgan fingerprint density at radius 3 is 2.92 bits per heavy atom. The van der Waals surface area contributed by atoms with Gasteiger partial charge in [-0.05, 0) is 13.0 Å². The summed E-state index contributed by atoms with van der Waals surface area (Å²) in [5.74, 6) is 1.37. The number of ether oxygens (including phenoxy) is 1. The molecule has 1 aliphatic rings. The molecule has 1 nitrogen and oxygen atoms in total. The second-order valence-corrected chi connectivity index (χ2v) is 3.12. The van der Waals surface area contributed by atoms with Crippen molar-refractivity contribution in [1.29, 1.82) is 0 Å². The molecule has 1 heteroatoms. The lowest BCUT2D eigenvalue weighted by Gasteiger charge is -2.08. The van der Waals surface area contributed by atoms with Crippen LogP contribution in [0.5, 0.6) is 5.75 Å². The molecule has 0 saturated carbocycles. The lowest BCUT2D eigenvalue weighted by molar-refractivity contribution is 0.241. The lowest BCUT2D eigenvalue weighted by Crippen LogP contribution is -2.11. The predicted octanol–water partition coefficient (Wildman–Crippen LogP) is 2.74. The minimum absolute atomic E-state index is 0.236. The molecular weight excluding hydrogens is 148 g/mol. The van der Waals surface area contributed by atoms with Gasteiger partial charge in [-0.15, -0.1) is 6.58 Å². The van der Waals surface area contributed by atoms with E-state index in [0.29, 0.717) is 5.92 Å². The van der Waals surface area contributed by atoms with Crippen LogP contribution in [-0.2, 0) is 0 Å². The van der Waals surface area contributed by atoms with Crippen molar-refractivity contribution in [3.8, 4) is 5.75 Å². The van der Waals surface area contributed by atoms with Crippen molar-refractivity contribution in [1.82, 2.24) is 0 Å². The number of para-hydroxylation sites is 1. The fourth-order valence-corrected chi connectivity index (χ4v) is 1.71. The van der Waals surface area contributed by atoms with E-state index in [4.69, 9.17) is 4.74 Å². The predicted molar refractivity (Wildman–Crippen MR) is 49.5 cm³/mol. The Morgan fingerprint density at radius 1 is 1.42 bits per heavy atom. The maximum Gasteiger partial charge on any atom is 0.123 e. The highest BCUT2D eigenvalue weighted by Gasteiger charge is 2.27. The van der Waals surface area contributed by atoms with Crippen molar-refractivity contribution >= 4 is 0 Å². The Morgan fingerprint density at radius 2 is 2.17 bits per heavy atom. The van der Waals surface area contributed by atoms with Crippen LogP contribution in [0.2, 0.25) is 0 Å². The van der Waals surface area contributed by atoms with E-state index in [2.05, 4.69) is 19.6 Å². The SMILES string of the molecule is C=C[C@@H]1c2ccccc2O[C@H]1C. The van der Waals surface area contributed by atoms with E-state index in [1.54, 1.807) is 0 Å². The Balaban J connectivity index is 2.47. The quantitative estimate of drug-likeness (QED) is 0.574. The van der Waals surface area contributed by atoms with Gasteiger partial charge in [0.05, 0.1) is 0 Å². The first-order chi connectivity index (χ1) is 5.83. The Labute approximate surface area is 72.7 Å². The van der Waals surface area contributed by atoms with Gasteiger partial charge in [0.2, 0.25) is 0 Å². The van der Waals surface area contributed by atoms with E-state index >= 15 is 0 Å². The van der Waals surface area contributed by atoms with Gasteiger partial charge in [-0.3, -0.25) is 0 Å². The van der Waals surface area contributed by atoms with Crippen LogP contribution in [0.1, 0.15) is 18.4 Å². The fourth-order valence-electron chi connectivity index (χ4n) is 1.71. The Kier molecular flexibility index (Phi) is 1.65. The molecule has 62 valence electrons. The molecule has 0 aromatic heterocycles. The topological polar surface area (TPSA) is 9.23 Å². The summed E-state index contributed by atoms with van der Waals surface area (Å²) in [6.45, 7) is 5.89. The van der Waals surface area contributed by atoms with Crippen LogP contribution in [0.4, 0.5) is 0 Å². The van der Waals surface area contributed by atoms with Crippen molar-refractivity contribution in [3.63, 3.8) is 0 Å². The summed E-state index contributed by atoms with van der Waals surface area (Å²) < 4.78 is 5.64. The summed E-state index contributed by atoms with van der Waals surface area (Å²) in [5.41, 5.74) is 1.26. The normalized spacial score (nSPS) is 26.1. The highest BCUT2D eigenvalue weighted by Crippen LogP contribution is 2.38. The first-order valence-electron chi connectivity index (χ1n) is 4.21. The van der Waals surface area contributed by atoms with Crippen LogP contribution in [-0.4, -0.2) is 6.10 Å². The van der Waals surface area contributed by atoms with Gasteiger partial charge in [0.1, 0.15) is 11.9 Å². The van der Waals surface area contributed by atoms with E-state index in [9.17, 15) is 0 Å². The summed E-state index contributed by atoms with van der Waals surface area (Å²) in [6.07, 6.45) is 2.19. The van der Waals surface area contributed by atoms with Gasteiger partial charge < -0.3 is 4.74 Å². The molecule has 1 aromatic rings. The fraction of sp³-hybridized carbons (Fsp3) is 0.273. The highest BCUT2D eigenvalue weighted by molar-refractivity contribution is 5.42. The van der Waals surface area contributed by atoms with Crippen LogP contribution in [0.3, 0.4) is 0 Å². The number of hydrogen-bond donors (Lipinski definition) is 0. The van der Waals surface area contributed by atoms with Gasteiger partial charge in [-0.1, -0.05) is 24.3 Å². The molecule has 0 aliphatic carbocycles. The summed E-state index contributed by atoms with van der Waals surface area (Å²) in [4.78, 5) is 0. The van der Waals surface area contributed by atoms with E-state index in [0.717, 1.165) is 5.75 Å². The first-order valence-corrected chi connectivity index (χ1v) is 4.21. The van der Waals surface area contributed by atoms with Crippen molar-refractivity contribution < 1.29 is 4.74 Å². The second-order valence-electron chi connectivity index (χ2n) is 3.12. The molecule has 0 saturated heterocycles. The molecule has 2 atom stereocenters. The van der Waals surface area contributed by atoms with Crippen LogP contribution >= 0.6 is 0 Å². The van der Waals surface area contributed by atoms with Crippen molar-refractivity contribution in [2.75, 3.05) is 0 Å². The maximum absolute atomic E-state index is 5.64. The molecule has 0 N–H and O–H groups in total. The third-order valence-electron chi connectivity index (χ3n) is 2.35. The molecule has 0 fully saturated rings. The molecule has 1 aliphatic heterocycles. The van der Waals surface area contributed by atoms with Crippen LogP contribution < -0.4 is 4.74 Å². The average molecular weight is 160 g/mol. The number of benzene rings is 1. The molecule has 0 bridgehead atoms. The molecule has 0 radical (unpaired) electrons. The Hall–Kier alpha value is -1.24. The van der Waals surface area contributed by atoms with Gasteiger partial charge in [0, 0.05) is 11.5 Å². The Bertz CT molecular complexity index is 304. The monoisotopic (exact) mass is 160 g/mol. The van der Waals surface area contributed by atoms with Gasteiger partial charge in [0.25, 0.3) is 0 Å². The zero-order valence-electron chi connectivity index (χ0n) is 7.16. The number of rotatable bonds is 1. The van der Waals surface area contributed by atoms with E-state index in [1.807, 2.05) is 24.3 Å². The van der Waals surface area contributed by atoms with Gasteiger partial charge in [0.15, 0.2) is 0 Å². The summed E-state index contributed by atoms with van der Waals surface area (Å²) >= 11 is 0. The van der Waals surface area contributed by atoms with Crippen LogP contribution in [0.15, 0.2) is 36.9 Å². The second kappa shape index (κ2) is 2.67. The van der Waals surface area contributed by atoms with Crippen LogP contribution in [0, 0.1) is 0 Å². The lowest BCUT2D eigenvalue weighted by atomic mass is 9.97. The number of fused-ring (bicyclic) bond motifs is 1. The smallest absolute Gasteiger partial charge is 0.123 e. The third-order valence-corrected chi connectivity index (χ3v) is 2.35. The van der Waals surface area contributed by atoms with Gasteiger partial charge >= 0.3 is 0 Å².